The first kappa shape index (κ1) is 17.6. The highest BCUT2D eigenvalue weighted by molar-refractivity contribution is 6.30. The van der Waals surface area contributed by atoms with Crippen molar-refractivity contribution < 1.29 is 14.6 Å². The van der Waals surface area contributed by atoms with Crippen molar-refractivity contribution in [2.45, 2.75) is 38.4 Å². The highest BCUT2D eigenvalue weighted by atomic mass is 35.5. The van der Waals surface area contributed by atoms with Gasteiger partial charge in [0.05, 0.1) is 12.2 Å². The minimum absolute atomic E-state index is 0.0149. The molecular weight excluding hydrogens is 342 g/mol. The van der Waals surface area contributed by atoms with Crippen molar-refractivity contribution in [2.24, 2.45) is 0 Å². The summed E-state index contributed by atoms with van der Waals surface area (Å²) in [5, 5.41) is 13.0. The molecule has 2 heterocycles. The van der Waals surface area contributed by atoms with Crippen LogP contribution in [0.15, 0.2) is 30.6 Å². The molecule has 0 radical (unpaired) electrons. The quantitative estimate of drug-likeness (QED) is 0.841. The number of carbonyl (C=O) groups is 1. The Bertz CT molecular complexity index is 752. The van der Waals surface area contributed by atoms with Crippen LogP contribution in [0.3, 0.4) is 0 Å². The van der Waals surface area contributed by atoms with Gasteiger partial charge in [0.2, 0.25) is 0 Å². The molecule has 1 aliphatic heterocycles. The van der Waals surface area contributed by atoms with Gasteiger partial charge in [0, 0.05) is 17.1 Å². The lowest BCUT2D eigenvalue weighted by Gasteiger charge is -2.30. The first-order valence-corrected chi connectivity index (χ1v) is 8.62. The molecule has 2 atom stereocenters. The van der Waals surface area contributed by atoms with Crippen LogP contribution >= 0.6 is 11.6 Å². The van der Waals surface area contributed by atoms with Crippen molar-refractivity contribution in [1.82, 2.24) is 9.97 Å². The second-order valence-corrected chi connectivity index (χ2v) is 6.55. The molecule has 1 aromatic heterocycles. The molecule has 1 saturated heterocycles. The van der Waals surface area contributed by atoms with Gasteiger partial charge >= 0.3 is 5.97 Å². The third-order valence-electron chi connectivity index (χ3n) is 4.37. The normalized spacial score (nSPS) is 20.2. The van der Waals surface area contributed by atoms with Gasteiger partial charge in [-0.05, 0) is 43.9 Å². The highest BCUT2D eigenvalue weighted by Gasteiger charge is 2.24. The maximum Gasteiger partial charge on any atom is 0.354 e. The lowest BCUT2D eigenvalue weighted by Crippen LogP contribution is -2.29. The summed E-state index contributed by atoms with van der Waals surface area (Å²) in [6, 6.07) is 7.74. The molecule has 0 bridgehead atoms. The van der Waals surface area contributed by atoms with Gasteiger partial charge in [0.25, 0.3) is 0 Å². The summed E-state index contributed by atoms with van der Waals surface area (Å²) >= 11 is 5.94. The predicted molar refractivity (Wildman–Crippen MR) is 95.1 cm³/mol. The second-order valence-electron chi connectivity index (χ2n) is 6.11. The molecule has 7 heteroatoms. The summed E-state index contributed by atoms with van der Waals surface area (Å²) in [4.78, 5) is 19.1. The number of halogens is 1. The average Bonchev–Trinajstić information content (AvgIpc) is 2.61. The average molecular weight is 362 g/mol. The fourth-order valence-corrected chi connectivity index (χ4v) is 3.15. The molecule has 0 aliphatic carbocycles. The second kappa shape index (κ2) is 7.80. The number of aromatic nitrogens is 2. The third kappa shape index (κ3) is 4.27. The number of carboxylic acid groups (broad SMARTS) is 1. The molecule has 6 nitrogen and oxygen atoms in total. The molecule has 0 amide bonds. The summed E-state index contributed by atoms with van der Waals surface area (Å²) in [6.07, 6.45) is 4.36. The van der Waals surface area contributed by atoms with E-state index in [9.17, 15) is 4.79 Å². The molecule has 2 N–H and O–H groups in total. The molecule has 1 aliphatic rings. The molecule has 2 unspecified atom stereocenters. The lowest BCUT2D eigenvalue weighted by atomic mass is 9.98. The number of aromatic carboxylic acids is 1. The van der Waals surface area contributed by atoms with Crippen molar-refractivity contribution in [3.05, 3.63) is 52.4 Å². The number of nitrogens with one attached hydrogen (secondary N) is 1. The Morgan fingerprint density at radius 1 is 1.32 bits per heavy atom. The van der Waals surface area contributed by atoms with E-state index in [1.54, 1.807) is 6.92 Å². The molecular formula is C18H20ClN3O3. The summed E-state index contributed by atoms with van der Waals surface area (Å²) in [7, 11) is 0. The molecule has 3 rings (SSSR count). The Morgan fingerprint density at radius 3 is 2.80 bits per heavy atom. The first-order valence-electron chi connectivity index (χ1n) is 8.24. The van der Waals surface area contributed by atoms with E-state index in [0.29, 0.717) is 22.9 Å². The number of nitrogens with zero attached hydrogens (tertiary/aromatic N) is 2. The van der Waals surface area contributed by atoms with Crippen LogP contribution in [0.25, 0.3) is 0 Å². The number of anilines is 1. The van der Waals surface area contributed by atoms with Crippen LogP contribution in [0.4, 0.5) is 5.82 Å². The standard InChI is InChI=1S/C18H20ClN3O3/c1-11-16(18(23)24)21-10-22-17(11)20-9-14-3-2-4-15(25-14)12-5-7-13(19)8-6-12/h5-8,10,14-15H,2-4,9H2,1H3,(H,23,24)(H,20,21,22). The largest absolute Gasteiger partial charge is 0.476 e. The Labute approximate surface area is 151 Å². The van der Waals surface area contributed by atoms with E-state index in [-0.39, 0.29) is 17.9 Å². The van der Waals surface area contributed by atoms with Crippen molar-refractivity contribution in [3.63, 3.8) is 0 Å². The number of hydrogen-bond donors (Lipinski definition) is 2. The van der Waals surface area contributed by atoms with E-state index in [4.69, 9.17) is 21.4 Å². The molecule has 1 aromatic carbocycles. The van der Waals surface area contributed by atoms with Gasteiger partial charge in [0.1, 0.15) is 12.1 Å². The summed E-state index contributed by atoms with van der Waals surface area (Å²) in [5.41, 5.74) is 1.67. The van der Waals surface area contributed by atoms with Gasteiger partial charge in [-0.3, -0.25) is 0 Å². The monoisotopic (exact) mass is 361 g/mol. The van der Waals surface area contributed by atoms with E-state index >= 15 is 0 Å². The molecule has 0 spiro atoms. The Balaban J connectivity index is 1.63. The van der Waals surface area contributed by atoms with Crippen LogP contribution in [-0.4, -0.2) is 33.7 Å². The van der Waals surface area contributed by atoms with Gasteiger partial charge in [0.15, 0.2) is 5.69 Å². The van der Waals surface area contributed by atoms with E-state index < -0.39 is 5.97 Å². The van der Waals surface area contributed by atoms with Crippen LogP contribution in [0.2, 0.25) is 5.02 Å². The zero-order chi connectivity index (χ0) is 17.8. The molecule has 132 valence electrons. The summed E-state index contributed by atoms with van der Waals surface area (Å²) in [6.45, 7) is 2.27. The number of benzene rings is 1. The van der Waals surface area contributed by atoms with Crippen molar-refractivity contribution >= 4 is 23.4 Å². The topological polar surface area (TPSA) is 84.3 Å². The zero-order valence-electron chi connectivity index (χ0n) is 13.9. The number of carboxylic acids is 1. The Hall–Kier alpha value is -2.18. The van der Waals surface area contributed by atoms with Crippen LogP contribution < -0.4 is 5.32 Å². The van der Waals surface area contributed by atoms with Crippen molar-refractivity contribution in [3.8, 4) is 0 Å². The van der Waals surface area contributed by atoms with Crippen LogP contribution in [0.1, 0.15) is 47.0 Å². The number of ether oxygens (including phenoxy) is 1. The van der Waals surface area contributed by atoms with Crippen LogP contribution in [-0.2, 0) is 4.74 Å². The lowest BCUT2D eigenvalue weighted by molar-refractivity contribution is -0.0442. The number of rotatable bonds is 5. The SMILES string of the molecule is Cc1c(NCC2CCCC(c3ccc(Cl)cc3)O2)ncnc1C(=O)O. The highest BCUT2D eigenvalue weighted by Crippen LogP contribution is 2.32. The van der Waals surface area contributed by atoms with Crippen molar-refractivity contribution in [2.75, 3.05) is 11.9 Å². The van der Waals surface area contributed by atoms with Crippen LogP contribution in [0.5, 0.6) is 0 Å². The van der Waals surface area contributed by atoms with Crippen molar-refractivity contribution in [1.29, 1.82) is 0 Å². The minimum atomic E-state index is -1.06. The van der Waals surface area contributed by atoms with E-state index in [2.05, 4.69) is 15.3 Å². The summed E-state index contributed by atoms with van der Waals surface area (Å²) < 4.78 is 6.19. The van der Waals surface area contributed by atoms with E-state index in [1.165, 1.54) is 6.33 Å². The van der Waals surface area contributed by atoms with Gasteiger partial charge in [-0.1, -0.05) is 23.7 Å². The fraction of sp³-hybridized carbons (Fsp3) is 0.389. The first-order chi connectivity index (χ1) is 12.0. The predicted octanol–water partition coefficient (Wildman–Crippen LogP) is 3.86. The third-order valence-corrected chi connectivity index (χ3v) is 4.63. The minimum Gasteiger partial charge on any atom is -0.476 e. The van der Waals surface area contributed by atoms with Gasteiger partial charge in [-0.2, -0.15) is 0 Å². The fourth-order valence-electron chi connectivity index (χ4n) is 3.03. The molecule has 0 saturated carbocycles. The number of hydrogen-bond acceptors (Lipinski definition) is 5. The Morgan fingerprint density at radius 2 is 2.08 bits per heavy atom. The van der Waals surface area contributed by atoms with E-state index in [1.807, 2.05) is 24.3 Å². The summed E-state index contributed by atoms with van der Waals surface area (Å²) in [5.74, 6) is -0.524. The zero-order valence-corrected chi connectivity index (χ0v) is 14.7. The van der Waals surface area contributed by atoms with E-state index in [0.717, 1.165) is 24.8 Å². The Kier molecular flexibility index (Phi) is 5.50. The smallest absolute Gasteiger partial charge is 0.354 e. The van der Waals surface area contributed by atoms with Gasteiger partial charge in [-0.25, -0.2) is 14.8 Å². The van der Waals surface area contributed by atoms with Gasteiger partial charge in [-0.15, -0.1) is 0 Å². The molecule has 25 heavy (non-hydrogen) atoms. The molecule has 1 fully saturated rings. The van der Waals surface area contributed by atoms with Gasteiger partial charge < -0.3 is 15.2 Å². The maximum absolute atomic E-state index is 11.2. The van der Waals surface area contributed by atoms with Crippen LogP contribution in [0, 0.1) is 6.92 Å². The maximum atomic E-state index is 11.2. The molecule has 2 aromatic rings.